The molecule has 0 fully saturated rings. The van der Waals surface area contributed by atoms with E-state index in [1.165, 1.54) is 161 Å². The summed E-state index contributed by atoms with van der Waals surface area (Å²) in [4.78, 5) is 0. The molecule has 0 aliphatic rings. The molecule has 0 aromatic rings. The number of aliphatic hydroxyl groups is 1. The predicted octanol–water partition coefficient (Wildman–Crippen LogP) is 11.7. The van der Waals surface area contributed by atoms with E-state index in [0.717, 1.165) is 19.3 Å². The van der Waals surface area contributed by atoms with Crippen molar-refractivity contribution in [2.45, 2.75) is 206 Å². The average molecular weight is 467 g/mol. The molecule has 1 N–H and O–H groups in total. The molecule has 0 saturated carbocycles. The lowest BCUT2D eigenvalue weighted by Crippen LogP contribution is -2.28. The Kier molecular flexibility index (Phi) is 26.5. The third kappa shape index (κ3) is 24.9. The van der Waals surface area contributed by atoms with Gasteiger partial charge in [-0.2, -0.15) is 0 Å². The lowest BCUT2D eigenvalue weighted by atomic mass is 9.85. The average Bonchev–Trinajstić information content (AvgIpc) is 2.81. The van der Waals surface area contributed by atoms with Crippen molar-refractivity contribution < 1.29 is 5.11 Å². The number of unbranched alkanes of at least 4 members (excludes halogenated alkanes) is 22. The van der Waals surface area contributed by atoms with Gasteiger partial charge in [0.05, 0.1) is 5.60 Å². The van der Waals surface area contributed by atoms with Gasteiger partial charge in [0.1, 0.15) is 0 Å². The second-order valence-electron chi connectivity index (χ2n) is 11.3. The first-order chi connectivity index (χ1) is 16.2. The second-order valence-corrected chi connectivity index (χ2v) is 11.3. The topological polar surface area (TPSA) is 20.2 Å². The monoisotopic (exact) mass is 467 g/mol. The lowest BCUT2D eigenvalue weighted by Gasteiger charge is -2.29. The molecule has 1 nitrogen and oxygen atoms in total. The highest BCUT2D eigenvalue weighted by molar-refractivity contribution is 4.78. The molecule has 1 unspecified atom stereocenters. The molecule has 33 heavy (non-hydrogen) atoms. The molecule has 0 radical (unpaired) electrons. The second kappa shape index (κ2) is 26.6. The number of hydrogen-bond acceptors (Lipinski definition) is 1. The lowest BCUT2D eigenvalue weighted by molar-refractivity contribution is 0.00704. The van der Waals surface area contributed by atoms with Crippen LogP contribution in [0.15, 0.2) is 0 Å². The summed E-state index contributed by atoms with van der Waals surface area (Å²) >= 11 is 0. The molecule has 0 heterocycles. The van der Waals surface area contributed by atoms with E-state index in [9.17, 15) is 5.11 Å². The van der Waals surface area contributed by atoms with Gasteiger partial charge in [0.15, 0.2) is 0 Å². The minimum atomic E-state index is -0.369. The van der Waals surface area contributed by atoms with Crippen molar-refractivity contribution in [1.82, 2.24) is 0 Å². The van der Waals surface area contributed by atoms with Gasteiger partial charge >= 0.3 is 0 Å². The Morgan fingerprint density at radius 3 is 0.697 bits per heavy atom. The fraction of sp³-hybridized carbons (Fsp3) is 1.00. The summed E-state index contributed by atoms with van der Waals surface area (Å²) in [7, 11) is 0. The van der Waals surface area contributed by atoms with Gasteiger partial charge in [0.25, 0.3) is 0 Å². The maximum absolute atomic E-state index is 11.4. The zero-order valence-electron chi connectivity index (χ0n) is 23.7. The summed E-state index contributed by atoms with van der Waals surface area (Å²) in [6.45, 7) is 6.88. The zero-order chi connectivity index (χ0) is 24.3. The molecule has 0 aromatic heterocycles. The molecule has 0 aromatic carbocycles. The van der Waals surface area contributed by atoms with E-state index >= 15 is 0 Å². The van der Waals surface area contributed by atoms with Crippen LogP contribution in [0.2, 0.25) is 0 Å². The maximum Gasteiger partial charge on any atom is 0.0647 e. The molecule has 0 amide bonds. The fourth-order valence-corrected chi connectivity index (χ4v) is 5.32. The Morgan fingerprint density at radius 2 is 0.485 bits per heavy atom. The van der Waals surface area contributed by atoms with E-state index in [-0.39, 0.29) is 5.60 Å². The van der Waals surface area contributed by atoms with Gasteiger partial charge in [-0.15, -0.1) is 0 Å². The number of rotatable bonds is 28. The highest BCUT2D eigenvalue weighted by Gasteiger charge is 2.25. The Morgan fingerprint density at radius 1 is 0.303 bits per heavy atom. The molecule has 0 aliphatic heterocycles. The number of hydrogen-bond donors (Lipinski definition) is 1. The molecular formula is C32H66O. The first kappa shape index (κ1) is 33.0. The highest BCUT2D eigenvalue weighted by atomic mass is 16.3. The van der Waals surface area contributed by atoms with Crippen molar-refractivity contribution in [1.29, 1.82) is 0 Å². The van der Waals surface area contributed by atoms with E-state index < -0.39 is 0 Å². The predicted molar refractivity (Wildman–Crippen MR) is 151 cm³/mol. The van der Waals surface area contributed by atoms with E-state index in [2.05, 4.69) is 20.8 Å². The summed E-state index contributed by atoms with van der Waals surface area (Å²) in [6.07, 6.45) is 37.3. The van der Waals surface area contributed by atoms with Crippen LogP contribution in [0.5, 0.6) is 0 Å². The van der Waals surface area contributed by atoms with Gasteiger partial charge in [-0.3, -0.25) is 0 Å². The van der Waals surface area contributed by atoms with Crippen LogP contribution in [0.4, 0.5) is 0 Å². The maximum atomic E-state index is 11.4. The van der Waals surface area contributed by atoms with Crippen molar-refractivity contribution in [2.24, 2.45) is 0 Å². The van der Waals surface area contributed by atoms with Crippen molar-refractivity contribution in [3.8, 4) is 0 Å². The van der Waals surface area contributed by atoms with E-state index in [4.69, 9.17) is 0 Å². The van der Waals surface area contributed by atoms with Crippen molar-refractivity contribution in [2.75, 3.05) is 0 Å². The van der Waals surface area contributed by atoms with Crippen LogP contribution in [0, 0.1) is 0 Å². The van der Waals surface area contributed by atoms with Gasteiger partial charge in [0.2, 0.25) is 0 Å². The zero-order valence-corrected chi connectivity index (χ0v) is 23.7. The molecule has 0 rings (SSSR count). The molecule has 0 bridgehead atoms. The first-order valence-electron chi connectivity index (χ1n) is 15.9. The molecule has 200 valence electrons. The Hall–Kier alpha value is -0.0400. The Labute approximate surface area is 211 Å². The summed E-state index contributed by atoms with van der Waals surface area (Å²) < 4.78 is 0. The summed E-state index contributed by atoms with van der Waals surface area (Å²) in [5, 5.41) is 11.4. The van der Waals surface area contributed by atoms with Gasteiger partial charge in [-0.1, -0.05) is 181 Å². The van der Waals surface area contributed by atoms with Crippen molar-refractivity contribution in [3.63, 3.8) is 0 Å². The van der Waals surface area contributed by atoms with Crippen LogP contribution in [-0.2, 0) is 0 Å². The molecule has 1 atom stereocenters. The van der Waals surface area contributed by atoms with Gasteiger partial charge < -0.3 is 5.11 Å². The quantitative estimate of drug-likeness (QED) is 0.114. The summed E-state index contributed by atoms with van der Waals surface area (Å²) in [6, 6.07) is 0. The minimum Gasteiger partial charge on any atom is -0.390 e. The van der Waals surface area contributed by atoms with Crippen LogP contribution in [0.3, 0.4) is 0 Å². The summed E-state index contributed by atoms with van der Waals surface area (Å²) in [5.74, 6) is 0. The molecular weight excluding hydrogens is 400 g/mol. The van der Waals surface area contributed by atoms with Crippen molar-refractivity contribution >= 4 is 0 Å². The Bertz CT molecular complexity index is 352. The van der Waals surface area contributed by atoms with Gasteiger partial charge in [-0.25, -0.2) is 0 Å². The highest BCUT2D eigenvalue weighted by Crippen LogP contribution is 2.29. The minimum absolute atomic E-state index is 0.369. The van der Waals surface area contributed by atoms with E-state index in [0.29, 0.717) is 0 Å². The third-order valence-corrected chi connectivity index (χ3v) is 7.74. The molecule has 0 spiro atoms. The Balaban J connectivity index is 3.99. The molecule has 0 aliphatic carbocycles. The molecule has 1 heteroatoms. The third-order valence-electron chi connectivity index (χ3n) is 7.74. The standard InChI is InChI=1S/C32H66O/c1-4-7-10-13-16-18-20-22-25-28-31-32(33,29-26-23-15-12-9-6-3)30-27-24-21-19-17-14-11-8-5-2/h33H,4-31H2,1-3H3. The molecule has 0 saturated heterocycles. The normalized spacial score (nSPS) is 13.5. The van der Waals surface area contributed by atoms with Crippen LogP contribution < -0.4 is 0 Å². The smallest absolute Gasteiger partial charge is 0.0647 e. The van der Waals surface area contributed by atoms with Crippen LogP contribution in [0.1, 0.15) is 201 Å². The van der Waals surface area contributed by atoms with Crippen LogP contribution in [0.25, 0.3) is 0 Å². The summed E-state index contributed by atoms with van der Waals surface area (Å²) in [5.41, 5.74) is -0.369. The largest absolute Gasteiger partial charge is 0.390 e. The SMILES string of the molecule is CCCCCCCCCCCCC(O)(CCCCCCCC)CCCCCCCCCCC. The van der Waals surface area contributed by atoms with Gasteiger partial charge in [0, 0.05) is 0 Å². The van der Waals surface area contributed by atoms with Crippen LogP contribution >= 0.6 is 0 Å². The van der Waals surface area contributed by atoms with E-state index in [1.54, 1.807) is 0 Å². The van der Waals surface area contributed by atoms with Crippen molar-refractivity contribution in [3.05, 3.63) is 0 Å². The van der Waals surface area contributed by atoms with Gasteiger partial charge in [-0.05, 0) is 19.3 Å². The fourth-order valence-electron chi connectivity index (χ4n) is 5.32. The van der Waals surface area contributed by atoms with Crippen LogP contribution in [-0.4, -0.2) is 10.7 Å². The first-order valence-corrected chi connectivity index (χ1v) is 15.9. The van der Waals surface area contributed by atoms with E-state index in [1.807, 2.05) is 0 Å².